The third-order valence-corrected chi connectivity index (χ3v) is 7.00. The monoisotopic (exact) mass is 434 g/mol. The van der Waals surface area contributed by atoms with Gasteiger partial charge in [-0.3, -0.25) is 0 Å². The molecule has 2 nitrogen and oxygen atoms in total. The quantitative estimate of drug-likeness (QED) is 0.250. The summed E-state index contributed by atoms with van der Waals surface area (Å²) in [4.78, 5) is 4.46. The van der Waals surface area contributed by atoms with Crippen molar-refractivity contribution in [3.05, 3.63) is 116 Å². The lowest BCUT2D eigenvalue weighted by Crippen LogP contribution is -1.87. The lowest BCUT2D eigenvalue weighted by atomic mass is 9.91. The Bertz CT molecular complexity index is 1840. The Hall–Kier alpha value is -4.43. The molecule has 0 atom stereocenters. The van der Waals surface area contributed by atoms with E-state index in [4.69, 9.17) is 0 Å². The van der Waals surface area contributed by atoms with E-state index in [2.05, 4.69) is 119 Å². The summed E-state index contributed by atoms with van der Waals surface area (Å²) < 4.78 is 2.07. The van der Waals surface area contributed by atoms with Crippen LogP contribution >= 0.6 is 0 Å². The molecule has 0 aliphatic heterocycles. The molecule has 0 aliphatic carbocycles. The van der Waals surface area contributed by atoms with Gasteiger partial charge in [0.1, 0.15) is 0 Å². The van der Waals surface area contributed by atoms with Crippen LogP contribution in [-0.2, 0) is 7.05 Å². The van der Waals surface area contributed by atoms with Crippen molar-refractivity contribution in [2.75, 3.05) is 0 Å². The van der Waals surface area contributed by atoms with Crippen molar-refractivity contribution in [2.45, 2.75) is 0 Å². The standard InChI is InChI=1S/C32H22N2/c1-34-20-33-31-16-14-24(19-32(31)34)22-8-6-7-21(17-22)23-13-15-29-27-11-3-2-9-25(27)26-10-4-5-12-28(26)30(29)18-23/h2-20H,1H3. The number of rotatable bonds is 2. The summed E-state index contributed by atoms with van der Waals surface area (Å²) in [5, 5.41) is 7.83. The van der Waals surface area contributed by atoms with Gasteiger partial charge >= 0.3 is 0 Å². The Morgan fingerprint density at radius 2 is 1.00 bits per heavy atom. The summed E-state index contributed by atoms with van der Waals surface area (Å²) in [6.45, 7) is 0. The molecule has 0 spiro atoms. The van der Waals surface area contributed by atoms with E-state index in [0.29, 0.717) is 0 Å². The first-order valence-corrected chi connectivity index (χ1v) is 11.6. The number of fused-ring (bicyclic) bond motifs is 7. The molecule has 0 amide bonds. The second kappa shape index (κ2) is 7.29. The van der Waals surface area contributed by atoms with E-state index < -0.39 is 0 Å². The maximum Gasteiger partial charge on any atom is 0.0955 e. The second-order valence-corrected chi connectivity index (χ2v) is 8.99. The van der Waals surface area contributed by atoms with Gasteiger partial charge in [-0.25, -0.2) is 4.98 Å². The van der Waals surface area contributed by atoms with E-state index >= 15 is 0 Å². The van der Waals surface area contributed by atoms with Crippen molar-refractivity contribution >= 4 is 43.4 Å². The molecular formula is C32H22N2. The SMILES string of the molecule is Cn1cnc2ccc(-c3cccc(-c4ccc5c6ccccc6c6ccccc6c5c4)c3)cc21. The fraction of sp³-hybridized carbons (Fsp3) is 0.0312. The molecule has 1 aromatic heterocycles. The molecule has 1 heterocycles. The minimum atomic E-state index is 1.02. The van der Waals surface area contributed by atoms with E-state index in [-0.39, 0.29) is 0 Å². The third kappa shape index (κ3) is 2.85. The van der Waals surface area contributed by atoms with Gasteiger partial charge in [-0.05, 0) is 78.8 Å². The maximum atomic E-state index is 4.46. The van der Waals surface area contributed by atoms with Crippen molar-refractivity contribution in [1.82, 2.24) is 9.55 Å². The van der Waals surface area contributed by atoms with Crippen molar-refractivity contribution in [2.24, 2.45) is 7.05 Å². The molecule has 7 rings (SSSR count). The number of hydrogen-bond donors (Lipinski definition) is 0. The highest BCUT2D eigenvalue weighted by molar-refractivity contribution is 6.25. The molecule has 2 heteroatoms. The van der Waals surface area contributed by atoms with Gasteiger partial charge in [-0.1, -0.05) is 84.9 Å². The number of hydrogen-bond acceptors (Lipinski definition) is 1. The number of aromatic nitrogens is 2. The number of benzene rings is 6. The molecule has 0 bridgehead atoms. The van der Waals surface area contributed by atoms with Crippen molar-refractivity contribution in [3.8, 4) is 22.3 Å². The molecule has 6 aromatic carbocycles. The molecule has 0 aliphatic rings. The van der Waals surface area contributed by atoms with Crippen molar-refractivity contribution < 1.29 is 0 Å². The molecule has 0 saturated heterocycles. The summed E-state index contributed by atoms with van der Waals surface area (Å²) in [5.74, 6) is 0. The summed E-state index contributed by atoms with van der Waals surface area (Å²) >= 11 is 0. The van der Waals surface area contributed by atoms with Gasteiger partial charge in [0.2, 0.25) is 0 Å². The topological polar surface area (TPSA) is 17.8 Å². The Morgan fingerprint density at radius 3 is 1.68 bits per heavy atom. The molecule has 0 N–H and O–H groups in total. The Labute approximate surface area is 197 Å². The average molecular weight is 435 g/mol. The first-order valence-electron chi connectivity index (χ1n) is 11.6. The summed E-state index contributed by atoms with van der Waals surface area (Å²) in [6.07, 6.45) is 1.87. The van der Waals surface area contributed by atoms with Crippen LogP contribution in [0.25, 0.3) is 65.6 Å². The molecule has 34 heavy (non-hydrogen) atoms. The van der Waals surface area contributed by atoms with E-state index in [9.17, 15) is 0 Å². The summed E-state index contributed by atoms with van der Waals surface area (Å²) in [6, 6.07) is 39.7. The Balaban J connectivity index is 1.43. The smallest absolute Gasteiger partial charge is 0.0955 e. The van der Waals surface area contributed by atoms with Gasteiger partial charge in [0.15, 0.2) is 0 Å². The van der Waals surface area contributed by atoms with Gasteiger partial charge in [0.05, 0.1) is 17.4 Å². The zero-order valence-electron chi connectivity index (χ0n) is 18.9. The van der Waals surface area contributed by atoms with Gasteiger partial charge in [0.25, 0.3) is 0 Å². The largest absolute Gasteiger partial charge is 0.334 e. The van der Waals surface area contributed by atoms with E-state index in [1.807, 2.05) is 13.4 Å². The van der Waals surface area contributed by atoms with Crippen LogP contribution in [0.15, 0.2) is 116 Å². The van der Waals surface area contributed by atoms with E-state index in [1.54, 1.807) is 0 Å². The Kier molecular flexibility index (Phi) is 4.09. The average Bonchev–Trinajstić information content (AvgIpc) is 3.28. The first-order chi connectivity index (χ1) is 16.8. The normalized spacial score (nSPS) is 11.7. The zero-order valence-corrected chi connectivity index (χ0v) is 18.9. The zero-order chi connectivity index (χ0) is 22.6. The third-order valence-electron chi connectivity index (χ3n) is 7.00. The lowest BCUT2D eigenvalue weighted by molar-refractivity contribution is 0.948. The molecule has 0 saturated carbocycles. The van der Waals surface area contributed by atoms with Crippen LogP contribution in [0.4, 0.5) is 0 Å². The van der Waals surface area contributed by atoms with Crippen LogP contribution in [-0.4, -0.2) is 9.55 Å². The molecule has 0 radical (unpaired) electrons. The predicted octanol–water partition coefficient (Wildman–Crippen LogP) is 8.37. The number of nitrogens with zero attached hydrogens (tertiary/aromatic N) is 2. The minimum absolute atomic E-state index is 1.02. The molecule has 160 valence electrons. The summed E-state index contributed by atoms with van der Waals surface area (Å²) in [5.41, 5.74) is 7.04. The highest BCUT2D eigenvalue weighted by Crippen LogP contribution is 2.37. The van der Waals surface area contributed by atoms with Crippen LogP contribution < -0.4 is 0 Å². The second-order valence-electron chi connectivity index (χ2n) is 8.99. The number of imidazole rings is 1. The van der Waals surface area contributed by atoms with Crippen LogP contribution in [0, 0.1) is 0 Å². The predicted molar refractivity (Wildman–Crippen MR) is 144 cm³/mol. The van der Waals surface area contributed by atoms with Gasteiger partial charge < -0.3 is 4.57 Å². The summed E-state index contributed by atoms with van der Waals surface area (Å²) in [7, 11) is 2.04. The van der Waals surface area contributed by atoms with Crippen LogP contribution in [0.2, 0.25) is 0 Å². The maximum absolute atomic E-state index is 4.46. The van der Waals surface area contributed by atoms with Crippen LogP contribution in [0.3, 0.4) is 0 Å². The number of aryl methyl sites for hydroxylation is 1. The highest BCUT2D eigenvalue weighted by Gasteiger charge is 2.10. The van der Waals surface area contributed by atoms with Crippen LogP contribution in [0.5, 0.6) is 0 Å². The molecule has 7 aromatic rings. The van der Waals surface area contributed by atoms with Crippen molar-refractivity contribution in [1.29, 1.82) is 0 Å². The van der Waals surface area contributed by atoms with Crippen molar-refractivity contribution in [3.63, 3.8) is 0 Å². The van der Waals surface area contributed by atoms with E-state index in [0.717, 1.165) is 11.0 Å². The first kappa shape index (κ1) is 19.1. The molecule has 0 fully saturated rings. The van der Waals surface area contributed by atoms with E-state index in [1.165, 1.54) is 54.6 Å². The minimum Gasteiger partial charge on any atom is -0.334 e. The molecular weight excluding hydrogens is 412 g/mol. The Morgan fingerprint density at radius 1 is 0.471 bits per heavy atom. The van der Waals surface area contributed by atoms with Gasteiger partial charge in [-0.2, -0.15) is 0 Å². The molecule has 0 unspecified atom stereocenters. The fourth-order valence-electron chi connectivity index (χ4n) is 5.27. The van der Waals surface area contributed by atoms with Crippen LogP contribution in [0.1, 0.15) is 0 Å². The van der Waals surface area contributed by atoms with Gasteiger partial charge in [-0.15, -0.1) is 0 Å². The van der Waals surface area contributed by atoms with Gasteiger partial charge in [0, 0.05) is 7.05 Å². The highest BCUT2D eigenvalue weighted by atomic mass is 15.0. The fourth-order valence-corrected chi connectivity index (χ4v) is 5.27. The lowest BCUT2D eigenvalue weighted by Gasteiger charge is -2.12.